The first-order chi connectivity index (χ1) is 12.9. The molecule has 0 aliphatic carbocycles. The number of ether oxygens (including phenoxy) is 2. The van der Waals surface area contributed by atoms with Crippen LogP contribution in [0.3, 0.4) is 0 Å². The summed E-state index contributed by atoms with van der Waals surface area (Å²) in [6.07, 6.45) is -4.54. The first-order valence-electron chi connectivity index (χ1n) is 8.17. The molecule has 1 heterocycles. The average molecular weight is 377 g/mol. The van der Waals surface area contributed by atoms with Gasteiger partial charge in [-0.2, -0.15) is 18.3 Å². The van der Waals surface area contributed by atoms with Crippen LogP contribution in [0.4, 0.5) is 13.2 Å². The highest BCUT2D eigenvalue weighted by molar-refractivity contribution is 5.64. The quantitative estimate of drug-likeness (QED) is 0.708. The lowest BCUT2D eigenvalue weighted by molar-refractivity contribution is -0.141. The molecule has 0 unspecified atom stereocenters. The van der Waals surface area contributed by atoms with Gasteiger partial charge in [-0.1, -0.05) is 0 Å². The van der Waals surface area contributed by atoms with Gasteiger partial charge in [-0.3, -0.25) is 0 Å². The number of hydrogen-bond donors (Lipinski definition) is 1. The third kappa shape index (κ3) is 4.22. The Morgan fingerprint density at radius 1 is 1.00 bits per heavy atom. The lowest BCUT2D eigenvalue weighted by atomic mass is 10.1. The zero-order chi connectivity index (χ0) is 19.4. The van der Waals surface area contributed by atoms with Crippen molar-refractivity contribution in [2.45, 2.75) is 6.18 Å². The molecule has 0 saturated heterocycles. The van der Waals surface area contributed by atoms with Crippen LogP contribution in [0, 0.1) is 0 Å². The molecule has 0 spiro atoms. The van der Waals surface area contributed by atoms with Gasteiger partial charge in [0.1, 0.15) is 18.1 Å². The molecule has 5 nitrogen and oxygen atoms in total. The van der Waals surface area contributed by atoms with Gasteiger partial charge >= 0.3 is 6.18 Å². The third-order valence-corrected chi connectivity index (χ3v) is 3.85. The largest absolute Gasteiger partial charge is 0.497 e. The van der Waals surface area contributed by atoms with E-state index in [1.54, 1.807) is 48.5 Å². The van der Waals surface area contributed by atoms with Crippen LogP contribution in [0.5, 0.6) is 11.5 Å². The van der Waals surface area contributed by atoms with E-state index in [0.717, 1.165) is 6.07 Å². The molecule has 0 atom stereocenters. The number of nitrogens with two attached hydrogens (primary N) is 1. The zero-order valence-electron chi connectivity index (χ0n) is 14.5. The van der Waals surface area contributed by atoms with Gasteiger partial charge < -0.3 is 15.2 Å². The predicted octanol–water partition coefficient (Wildman–Crippen LogP) is 3.90. The van der Waals surface area contributed by atoms with Crippen molar-refractivity contribution < 1.29 is 22.6 Å². The Morgan fingerprint density at radius 3 is 2.19 bits per heavy atom. The van der Waals surface area contributed by atoms with E-state index in [9.17, 15) is 13.2 Å². The Morgan fingerprint density at radius 2 is 1.63 bits per heavy atom. The molecule has 0 aliphatic heterocycles. The molecule has 0 fully saturated rings. The van der Waals surface area contributed by atoms with Crippen molar-refractivity contribution in [2.75, 3.05) is 20.3 Å². The van der Waals surface area contributed by atoms with E-state index < -0.39 is 11.9 Å². The second kappa shape index (κ2) is 7.71. The summed E-state index contributed by atoms with van der Waals surface area (Å²) in [6.45, 7) is 0.738. The average Bonchev–Trinajstić information content (AvgIpc) is 3.13. The summed E-state index contributed by atoms with van der Waals surface area (Å²) < 4.78 is 51.4. The van der Waals surface area contributed by atoms with Crippen molar-refractivity contribution in [2.24, 2.45) is 5.73 Å². The first-order valence-corrected chi connectivity index (χ1v) is 8.17. The summed E-state index contributed by atoms with van der Waals surface area (Å²) in [7, 11) is 1.52. The highest BCUT2D eigenvalue weighted by Crippen LogP contribution is 2.34. The standard InChI is InChI=1S/C19H18F3N3O2/c1-26-15-8-4-14(5-9-15)25-17(12-18(24-25)19(20,21)22)13-2-6-16(7-3-13)27-11-10-23/h2-9,12H,10-11,23H2,1H3. The molecule has 8 heteroatoms. The fourth-order valence-corrected chi connectivity index (χ4v) is 2.54. The second-order valence-corrected chi connectivity index (χ2v) is 5.68. The van der Waals surface area contributed by atoms with Gasteiger partial charge in [-0.25, -0.2) is 4.68 Å². The monoisotopic (exact) mass is 377 g/mol. The van der Waals surface area contributed by atoms with Crippen LogP contribution in [0.1, 0.15) is 5.69 Å². The molecule has 0 radical (unpaired) electrons. The summed E-state index contributed by atoms with van der Waals surface area (Å²) in [6, 6.07) is 14.4. The van der Waals surface area contributed by atoms with E-state index in [1.807, 2.05) is 0 Å². The molecule has 1 aromatic heterocycles. The fraction of sp³-hybridized carbons (Fsp3) is 0.211. The lowest BCUT2D eigenvalue weighted by Gasteiger charge is -2.10. The van der Waals surface area contributed by atoms with E-state index in [-0.39, 0.29) is 0 Å². The van der Waals surface area contributed by atoms with Crippen molar-refractivity contribution in [3.63, 3.8) is 0 Å². The third-order valence-electron chi connectivity index (χ3n) is 3.85. The molecule has 3 aromatic rings. The number of benzene rings is 2. The molecule has 2 N–H and O–H groups in total. The molecule has 0 bridgehead atoms. The van der Waals surface area contributed by atoms with Crippen LogP contribution in [-0.4, -0.2) is 30.0 Å². The van der Waals surface area contributed by atoms with Gasteiger partial charge in [-0.15, -0.1) is 0 Å². The molecule has 142 valence electrons. The van der Waals surface area contributed by atoms with Gasteiger partial charge in [-0.05, 0) is 54.6 Å². The maximum Gasteiger partial charge on any atom is 0.435 e. The SMILES string of the molecule is COc1ccc(-n2nc(C(F)(F)F)cc2-c2ccc(OCCN)cc2)cc1. The number of hydrogen-bond acceptors (Lipinski definition) is 4. The molecular formula is C19H18F3N3O2. The number of methoxy groups -OCH3 is 1. The number of halogens is 3. The number of nitrogens with zero attached hydrogens (tertiary/aromatic N) is 2. The normalized spacial score (nSPS) is 11.4. The fourth-order valence-electron chi connectivity index (χ4n) is 2.54. The molecule has 0 saturated carbocycles. The van der Waals surface area contributed by atoms with E-state index in [1.165, 1.54) is 11.8 Å². The Kier molecular flexibility index (Phi) is 5.36. The predicted molar refractivity (Wildman–Crippen MR) is 95.1 cm³/mol. The second-order valence-electron chi connectivity index (χ2n) is 5.68. The minimum atomic E-state index is -4.54. The van der Waals surface area contributed by atoms with Gasteiger partial charge in [0.2, 0.25) is 0 Å². The maximum atomic E-state index is 13.2. The number of aromatic nitrogens is 2. The van der Waals surface area contributed by atoms with Crippen LogP contribution in [-0.2, 0) is 6.18 Å². The molecule has 0 aliphatic rings. The Labute approximate surface area is 154 Å². The van der Waals surface area contributed by atoms with Crippen LogP contribution in [0.2, 0.25) is 0 Å². The van der Waals surface area contributed by atoms with Crippen molar-refractivity contribution in [3.05, 3.63) is 60.3 Å². The minimum absolute atomic E-state index is 0.317. The van der Waals surface area contributed by atoms with Crippen molar-refractivity contribution in [1.82, 2.24) is 9.78 Å². The highest BCUT2D eigenvalue weighted by atomic mass is 19.4. The van der Waals surface area contributed by atoms with E-state index in [0.29, 0.717) is 41.6 Å². The van der Waals surface area contributed by atoms with Crippen LogP contribution in [0.25, 0.3) is 16.9 Å². The van der Waals surface area contributed by atoms with Gasteiger partial charge in [0.15, 0.2) is 5.69 Å². The summed E-state index contributed by atoms with van der Waals surface area (Å²) in [5.74, 6) is 1.20. The molecule has 27 heavy (non-hydrogen) atoms. The van der Waals surface area contributed by atoms with Crippen molar-refractivity contribution in [3.8, 4) is 28.4 Å². The van der Waals surface area contributed by atoms with Gasteiger partial charge in [0.25, 0.3) is 0 Å². The molecule has 3 rings (SSSR count). The Hall–Kier alpha value is -3.00. The lowest BCUT2D eigenvalue weighted by Crippen LogP contribution is -2.10. The van der Waals surface area contributed by atoms with E-state index >= 15 is 0 Å². The van der Waals surface area contributed by atoms with Crippen LogP contribution >= 0.6 is 0 Å². The maximum absolute atomic E-state index is 13.2. The smallest absolute Gasteiger partial charge is 0.435 e. The van der Waals surface area contributed by atoms with Crippen LogP contribution < -0.4 is 15.2 Å². The number of rotatable bonds is 6. The summed E-state index contributed by atoms with van der Waals surface area (Å²) in [4.78, 5) is 0. The van der Waals surface area contributed by atoms with Crippen molar-refractivity contribution >= 4 is 0 Å². The highest BCUT2D eigenvalue weighted by Gasteiger charge is 2.35. The minimum Gasteiger partial charge on any atom is -0.497 e. The summed E-state index contributed by atoms with van der Waals surface area (Å²) in [5, 5.41) is 3.76. The van der Waals surface area contributed by atoms with E-state index in [4.69, 9.17) is 15.2 Å². The number of alkyl halides is 3. The van der Waals surface area contributed by atoms with Gasteiger partial charge in [0, 0.05) is 12.1 Å². The van der Waals surface area contributed by atoms with E-state index in [2.05, 4.69) is 5.10 Å². The van der Waals surface area contributed by atoms with Crippen molar-refractivity contribution in [1.29, 1.82) is 0 Å². The molecular weight excluding hydrogens is 359 g/mol. The first kappa shape index (κ1) is 18.8. The molecule has 0 amide bonds. The summed E-state index contributed by atoms with van der Waals surface area (Å²) in [5.41, 5.74) is 5.82. The zero-order valence-corrected chi connectivity index (χ0v) is 14.5. The Balaban J connectivity index is 2.03. The topological polar surface area (TPSA) is 62.3 Å². The Bertz CT molecular complexity index is 888. The van der Waals surface area contributed by atoms with Crippen LogP contribution in [0.15, 0.2) is 54.6 Å². The van der Waals surface area contributed by atoms with Gasteiger partial charge in [0.05, 0.1) is 18.5 Å². The molecule has 2 aromatic carbocycles. The summed E-state index contributed by atoms with van der Waals surface area (Å²) >= 11 is 0.